The summed E-state index contributed by atoms with van der Waals surface area (Å²) in [4.78, 5) is 1.97. The lowest BCUT2D eigenvalue weighted by Gasteiger charge is -2.22. The van der Waals surface area contributed by atoms with E-state index in [-0.39, 0.29) is 5.82 Å². The van der Waals surface area contributed by atoms with Crippen molar-refractivity contribution in [1.82, 2.24) is 5.32 Å². The van der Waals surface area contributed by atoms with E-state index >= 15 is 0 Å². The molecule has 3 nitrogen and oxygen atoms in total. The molecule has 0 spiro atoms. The van der Waals surface area contributed by atoms with Gasteiger partial charge in [-0.2, -0.15) is 0 Å². The average molecular weight is 290 g/mol. The van der Waals surface area contributed by atoms with Gasteiger partial charge in [-0.15, -0.1) is 0 Å². The van der Waals surface area contributed by atoms with E-state index in [0.717, 1.165) is 24.4 Å². The number of hydrogen-bond acceptors (Lipinski definition) is 3. The summed E-state index contributed by atoms with van der Waals surface area (Å²) in [5, 5.41) is 3.35. The van der Waals surface area contributed by atoms with E-state index in [0.29, 0.717) is 18.3 Å². The molecule has 0 aliphatic carbocycles. The molecule has 0 atom stereocenters. The van der Waals surface area contributed by atoms with Gasteiger partial charge in [0.05, 0.1) is 18.5 Å². The Labute approximate surface area is 125 Å². The number of anilines is 1. The molecular weight excluding hydrogens is 267 g/mol. The minimum Gasteiger partial charge on any atom is -0.467 e. The summed E-state index contributed by atoms with van der Waals surface area (Å²) in [6.07, 6.45) is 1.76. The van der Waals surface area contributed by atoms with Crippen molar-refractivity contribution < 1.29 is 8.81 Å². The summed E-state index contributed by atoms with van der Waals surface area (Å²) in [7, 11) is 0. The van der Waals surface area contributed by atoms with Gasteiger partial charge in [-0.1, -0.05) is 26.0 Å². The van der Waals surface area contributed by atoms with Gasteiger partial charge in [0.15, 0.2) is 0 Å². The molecular formula is C17H23FN2O. The molecule has 0 aliphatic rings. The first-order chi connectivity index (χ1) is 10.1. The van der Waals surface area contributed by atoms with Crippen LogP contribution in [0.15, 0.2) is 41.0 Å². The Morgan fingerprint density at radius 1 is 1.29 bits per heavy atom. The number of hydrogen-bond donors (Lipinski definition) is 1. The molecule has 4 heteroatoms. The van der Waals surface area contributed by atoms with Crippen LogP contribution in [0.5, 0.6) is 0 Å². The first kappa shape index (κ1) is 15.6. The van der Waals surface area contributed by atoms with Crippen molar-refractivity contribution in [1.29, 1.82) is 0 Å². The second kappa shape index (κ2) is 7.27. The van der Waals surface area contributed by atoms with Crippen molar-refractivity contribution in [3.05, 3.63) is 53.7 Å². The summed E-state index contributed by atoms with van der Waals surface area (Å²) in [6, 6.07) is 9.30. The maximum Gasteiger partial charge on any atom is 0.146 e. The van der Waals surface area contributed by atoms with Gasteiger partial charge in [0, 0.05) is 24.7 Å². The quantitative estimate of drug-likeness (QED) is 0.837. The van der Waals surface area contributed by atoms with E-state index in [2.05, 4.69) is 19.2 Å². The van der Waals surface area contributed by atoms with Crippen LogP contribution >= 0.6 is 0 Å². The van der Waals surface area contributed by atoms with E-state index in [4.69, 9.17) is 4.42 Å². The molecule has 1 heterocycles. The third-order valence-corrected chi connectivity index (χ3v) is 3.34. The maximum atomic E-state index is 13.9. The topological polar surface area (TPSA) is 28.4 Å². The molecule has 114 valence electrons. The summed E-state index contributed by atoms with van der Waals surface area (Å²) in [5.41, 5.74) is 1.72. The number of furan rings is 1. The maximum absolute atomic E-state index is 13.9. The number of rotatable bonds is 7. The van der Waals surface area contributed by atoms with E-state index in [1.165, 1.54) is 6.07 Å². The normalized spacial score (nSPS) is 11.1. The highest BCUT2D eigenvalue weighted by atomic mass is 19.1. The summed E-state index contributed by atoms with van der Waals surface area (Å²) >= 11 is 0. The van der Waals surface area contributed by atoms with Crippen LogP contribution in [0.3, 0.4) is 0 Å². The first-order valence-corrected chi connectivity index (χ1v) is 7.39. The zero-order valence-electron chi connectivity index (χ0n) is 12.9. The fraction of sp³-hybridized carbons (Fsp3) is 0.412. The summed E-state index contributed by atoms with van der Waals surface area (Å²) < 4.78 is 19.4. The van der Waals surface area contributed by atoms with Gasteiger partial charge < -0.3 is 14.6 Å². The number of nitrogens with zero attached hydrogens (tertiary/aromatic N) is 1. The summed E-state index contributed by atoms with van der Waals surface area (Å²) in [6.45, 7) is 8.31. The highest BCUT2D eigenvalue weighted by Crippen LogP contribution is 2.21. The molecule has 0 saturated heterocycles. The number of para-hydroxylation sites is 1. The Balaban J connectivity index is 2.04. The standard InChI is InChI=1S/C17H23FN2O/c1-4-20(17-8-6-5-7-16(17)18)11-15-9-14(12-21-15)10-19-13(2)3/h5-9,12-13,19H,4,10-11H2,1-3H3. The number of benzene rings is 1. The summed E-state index contributed by atoms with van der Waals surface area (Å²) in [5.74, 6) is 0.647. The second-order valence-corrected chi connectivity index (χ2v) is 5.42. The van der Waals surface area contributed by atoms with Crippen molar-refractivity contribution in [3.63, 3.8) is 0 Å². The van der Waals surface area contributed by atoms with Gasteiger partial charge in [0.25, 0.3) is 0 Å². The molecule has 1 aromatic carbocycles. The third kappa shape index (κ3) is 4.33. The molecule has 0 radical (unpaired) electrons. The number of nitrogens with one attached hydrogen (secondary N) is 1. The van der Waals surface area contributed by atoms with Crippen molar-refractivity contribution in [2.24, 2.45) is 0 Å². The predicted molar refractivity (Wildman–Crippen MR) is 83.8 cm³/mol. The van der Waals surface area contributed by atoms with E-state index in [9.17, 15) is 4.39 Å². The Kier molecular flexibility index (Phi) is 5.39. The van der Waals surface area contributed by atoms with E-state index < -0.39 is 0 Å². The zero-order valence-corrected chi connectivity index (χ0v) is 12.9. The van der Waals surface area contributed by atoms with Crippen LogP contribution in [0.25, 0.3) is 0 Å². The number of halogens is 1. The Hall–Kier alpha value is -1.81. The van der Waals surface area contributed by atoms with Crippen LogP contribution in [0.2, 0.25) is 0 Å². The Morgan fingerprint density at radius 2 is 2.05 bits per heavy atom. The molecule has 0 bridgehead atoms. The van der Waals surface area contributed by atoms with Gasteiger partial charge in [-0.3, -0.25) is 0 Å². The lowest BCUT2D eigenvalue weighted by atomic mass is 10.2. The molecule has 0 amide bonds. The van der Waals surface area contributed by atoms with Crippen LogP contribution < -0.4 is 10.2 Å². The van der Waals surface area contributed by atoms with Crippen molar-refractivity contribution in [3.8, 4) is 0 Å². The largest absolute Gasteiger partial charge is 0.467 e. The molecule has 1 N–H and O–H groups in total. The van der Waals surface area contributed by atoms with Crippen molar-refractivity contribution in [2.75, 3.05) is 11.4 Å². The predicted octanol–water partition coefficient (Wildman–Crippen LogP) is 3.94. The van der Waals surface area contributed by atoms with Crippen LogP contribution in [-0.2, 0) is 13.1 Å². The fourth-order valence-corrected chi connectivity index (χ4v) is 2.19. The van der Waals surface area contributed by atoms with Crippen LogP contribution in [-0.4, -0.2) is 12.6 Å². The third-order valence-electron chi connectivity index (χ3n) is 3.34. The van der Waals surface area contributed by atoms with Crippen molar-refractivity contribution >= 4 is 5.69 Å². The highest BCUT2D eigenvalue weighted by Gasteiger charge is 2.12. The highest BCUT2D eigenvalue weighted by molar-refractivity contribution is 5.47. The molecule has 0 saturated carbocycles. The monoisotopic (exact) mass is 290 g/mol. The van der Waals surface area contributed by atoms with Crippen LogP contribution in [0.1, 0.15) is 32.1 Å². The molecule has 0 aliphatic heterocycles. The van der Waals surface area contributed by atoms with Gasteiger partial charge in [0.1, 0.15) is 11.6 Å². The lowest BCUT2D eigenvalue weighted by Crippen LogP contribution is -2.23. The molecule has 0 unspecified atom stereocenters. The second-order valence-electron chi connectivity index (χ2n) is 5.42. The van der Waals surface area contributed by atoms with E-state index in [1.54, 1.807) is 18.4 Å². The lowest BCUT2D eigenvalue weighted by molar-refractivity contribution is 0.497. The average Bonchev–Trinajstić information content (AvgIpc) is 2.91. The fourth-order valence-electron chi connectivity index (χ4n) is 2.19. The van der Waals surface area contributed by atoms with Gasteiger partial charge in [-0.05, 0) is 25.1 Å². The molecule has 0 fully saturated rings. The van der Waals surface area contributed by atoms with Gasteiger partial charge in [0.2, 0.25) is 0 Å². The smallest absolute Gasteiger partial charge is 0.146 e. The van der Waals surface area contributed by atoms with Gasteiger partial charge >= 0.3 is 0 Å². The minimum absolute atomic E-state index is 0.201. The minimum atomic E-state index is -0.201. The van der Waals surface area contributed by atoms with Crippen LogP contribution in [0, 0.1) is 5.82 Å². The van der Waals surface area contributed by atoms with Crippen molar-refractivity contribution in [2.45, 2.75) is 39.9 Å². The zero-order chi connectivity index (χ0) is 15.2. The van der Waals surface area contributed by atoms with Gasteiger partial charge in [-0.25, -0.2) is 4.39 Å². The van der Waals surface area contributed by atoms with Crippen LogP contribution in [0.4, 0.5) is 10.1 Å². The first-order valence-electron chi connectivity index (χ1n) is 7.39. The SMILES string of the molecule is CCN(Cc1cc(CNC(C)C)co1)c1ccccc1F. The Morgan fingerprint density at radius 3 is 2.71 bits per heavy atom. The Bertz CT molecular complexity index is 565. The molecule has 21 heavy (non-hydrogen) atoms. The molecule has 2 aromatic rings. The molecule has 2 rings (SSSR count). The molecule has 1 aromatic heterocycles. The van der Waals surface area contributed by atoms with E-state index in [1.807, 2.05) is 24.0 Å².